The number of fused-ring (bicyclic) bond motifs is 3. The fraction of sp³-hybridized carbons (Fsp3) is 0.533. The van der Waals surface area contributed by atoms with E-state index < -0.39 is 18.6 Å². The number of aromatic nitrogens is 2. The van der Waals surface area contributed by atoms with E-state index >= 15 is 0 Å². The highest BCUT2D eigenvalue weighted by atomic mass is 32.2. The lowest BCUT2D eigenvalue weighted by molar-refractivity contribution is -0.136. The van der Waals surface area contributed by atoms with Crippen molar-refractivity contribution < 1.29 is 18.0 Å². The Morgan fingerprint density at radius 2 is 2.04 bits per heavy atom. The van der Waals surface area contributed by atoms with E-state index in [2.05, 4.69) is 9.97 Å². The fourth-order valence-corrected chi connectivity index (χ4v) is 5.02. The summed E-state index contributed by atoms with van der Waals surface area (Å²) in [5.41, 5.74) is 1.25. The molecule has 130 valence electrons. The molecule has 1 amide bonds. The Morgan fingerprint density at radius 3 is 2.79 bits per heavy atom. The van der Waals surface area contributed by atoms with Crippen LogP contribution < -0.4 is 5.32 Å². The summed E-state index contributed by atoms with van der Waals surface area (Å²) in [6.45, 7) is 0.477. The van der Waals surface area contributed by atoms with Crippen LogP contribution in [0.15, 0.2) is 5.03 Å². The third kappa shape index (κ3) is 4.00. The number of halogens is 3. The smallest absolute Gasteiger partial charge is 0.346 e. The molecule has 0 spiro atoms. The van der Waals surface area contributed by atoms with Crippen LogP contribution in [0, 0.1) is 6.92 Å². The molecule has 0 saturated heterocycles. The van der Waals surface area contributed by atoms with Crippen molar-refractivity contribution in [3.63, 3.8) is 0 Å². The minimum Gasteiger partial charge on any atom is -0.346 e. The van der Waals surface area contributed by atoms with Crippen molar-refractivity contribution in [3.8, 4) is 0 Å². The van der Waals surface area contributed by atoms with Gasteiger partial charge in [0.05, 0.1) is 5.75 Å². The Morgan fingerprint density at radius 1 is 1.29 bits per heavy atom. The molecule has 0 aromatic carbocycles. The lowest BCUT2D eigenvalue weighted by Gasteiger charge is -2.12. The zero-order chi connectivity index (χ0) is 17.3. The molecular weight excluding hydrogens is 359 g/mol. The van der Waals surface area contributed by atoms with Crippen molar-refractivity contribution in [1.29, 1.82) is 0 Å². The second kappa shape index (κ2) is 6.87. The van der Waals surface area contributed by atoms with Crippen LogP contribution in [-0.2, 0) is 17.6 Å². The number of thioether (sulfide) groups is 1. The van der Waals surface area contributed by atoms with E-state index in [1.165, 1.54) is 22.2 Å². The summed E-state index contributed by atoms with van der Waals surface area (Å²) in [6.07, 6.45) is -0.121. The molecule has 4 nitrogen and oxygen atoms in total. The molecule has 0 fully saturated rings. The number of amides is 1. The van der Waals surface area contributed by atoms with Crippen LogP contribution in [0.4, 0.5) is 13.2 Å². The molecule has 0 saturated carbocycles. The number of nitrogens with one attached hydrogen (secondary N) is 1. The number of hydrogen-bond donors (Lipinski definition) is 1. The summed E-state index contributed by atoms with van der Waals surface area (Å²) in [5, 5.41) is 3.56. The summed E-state index contributed by atoms with van der Waals surface area (Å²) in [6, 6.07) is 0. The molecule has 2 aromatic rings. The van der Waals surface area contributed by atoms with E-state index in [4.69, 9.17) is 0 Å². The molecule has 24 heavy (non-hydrogen) atoms. The van der Waals surface area contributed by atoms with Crippen LogP contribution in [0.3, 0.4) is 0 Å². The highest BCUT2D eigenvalue weighted by molar-refractivity contribution is 8.00. The van der Waals surface area contributed by atoms with E-state index in [1.54, 1.807) is 18.3 Å². The SMILES string of the molecule is Cc1nc(SCC(=O)NCC(F)(F)F)c2c3c(sc2n1)CCCC3. The van der Waals surface area contributed by atoms with Gasteiger partial charge in [0.1, 0.15) is 22.2 Å². The highest BCUT2D eigenvalue weighted by Gasteiger charge is 2.28. The average Bonchev–Trinajstić information content (AvgIpc) is 2.87. The van der Waals surface area contributed by atoms with Crippen molar-refractivity contribution in [3.05, 3.63) is 16.3 Å². The molecule has 2 heterocycles. The topological polar surface area (TPSA) is 54.9 Å². The number of carbonyl (C=O) groups is 1. The summed E-state index contributed by atoms with van der Waals surface area (Å²) < 4.78 is 36.4. The molecule has 0 radical (unpaired) electrons. The molecule has 0 bridgehead atoms. The van der Waals surface area contributed by atoms with E-state index in [-0.39, 0.29) is 5.75 Å². The van der Waals surface area contributed by atoms with E-state index in [1.807, 2.05) is 5.32 Å². The van der Waals surface area contributed by atoms with Crippen LogP contribution in [0.1, 0.15) is 29.1 Å². The fourth-order valence-electron chi connectivity index (χ4n) is 2.71. The normalized spacial score (nSPS) is 14.7. The number of carbonyl (C=O) groups excluding carboxylic acids is 1. The van der Waals surface area contributed by atoms with Crippen molar-refractivity contribution in [2.75, 3.05) is 12.3 Å². The van der Waals surface area contributed by atoms with Gasteiger partial charge < -0.3 is 5.32 Å². The molecule has 1 aliphatic rings. The largest absolute Gasteiger partial charge is 0.405 e. The van der Waals surface area contributed by atoms with Gasteiger partial charge in [0, 0.05) is 10.3 Å². The number of hydrogen-bond acceptors (Lipinski definition) is 5. The maximum Gasteiger partial charge on any atom is 0.405 e. The predicted octanol–water partition coefficient (Wildman–Crippen LogP) is 3.65. The third-order valence-corrected chi connectivity index (χ3v) is 5.88. The van der Waals surface area contributed by atoms with Gasteiger partial charge in [0.2, 0.25) is 5.91 Å². The second-order valence-corrected chi connectivity index (χ2v) is 7.70. The number of rotatable bonds is 4. The molecule has 1 aliphatic carbocycles. The van der Waals surface area contributed by atoms with Gasteiger partial charge in [-0.15, -0.1) is 11.3 Å². The van der Waals surface area contributed by atoms with Gasteiger partial charge in [-0.2, -0.15) is 13.2 Å². The van der Waals surface area contributed by atoms with Gasteiger partial charge in [-0.1, -0.05) is 11.8 Å². The molecule has 0 aliphatic heterocycles. The van der Waals surface area contributed by atoms with Crippen LogP contribution in [0.5, 0.6) is 0 Å². The first-order valence-corrected chi connectivity index (χ1v) is 9.39. The summed E-state index contributed by atoms with van der Waals surface area (Å²) in [7, 11) is 0. The number of nitrogens with zero attached hydrogens (tertiary/aromatic N) is 2. The lowest BCUT2D eigenvalue weighted by atomic mass is 9.97. The summed E-state index contributed by atoms with van der Waals surface area (Å²) >= 11 is 2.84. The molecule has 2 aromatic heterocycles. The van der Waals surface area contributed by atoms with Crippen LogP contribution >= 0.6 is 23.1 Å². The monoisotopic (exact) mass is 375 g/mol. The van der Waals surface area contributed by atoms with Gasteiger partial charge in [-0.05, 0) is 38.2 Å². The molecule has 0 unspecified atom stereocenters. The van der Waals surface area contributed by atoms with Crippen molar-refractivity contribution in [2.45, 2.75) is 43.8 Å². The third-order valence-electron chi connectivity index (χ3n) is 3.72. The predicted molar refractivity (Wildman–Crippen MR) is 88.6 cm³/mol. The standard InChI is InChI=1S/C15H16F3N3OS2/c1-8-20-13(23-6-11(22)19-7-15(16,17)18)12-9-4-2-3-5-10(9)24-14(12)21-8/h2-7H2,1H3,(H,19,22). The molecular formula is C15H16F3N3OS2. The molecule has 9 heteroatoms. The van der Waals surface area contributed by atoms with Gasteiger partial charge in [0.15, 0.2) is 0 Å². The van der Waals surface area contributed by atoms with E-state index in [0.717, 1.165) is 35.9 Å². The summed E-state index contributed by atoms with van der Waals surface area (Å²) in [4.78, 5) is 22.8. The highest BCUT2D eigenvalue weighted by Crippen LogP contribution is 2.39. The first-order valence-electron chi connectivity index (χ1n) is 7.58. The minimum absolute atomic E-state index is 0.0910. The van der Waals surface area contributed by atoms with Crippen molar-refractivity contribution >= 4 is 39.2 Å². The van der Waals surface area contributed by atoms with Gasteiger partial charge in [-0.3, -0.25) is 4.79 Å². The Balaban J connectivity index is 1.79. The lowest BCUT2D eigenvalue weighted by Crippen LogP contribution is -2.34. The second-order valence-electron chi connectivity index (χ2n) is 5.65. The Bertz CT molecular complexity index is 773. The van der Waals surface area contributed by atoms with Crippen molar-refractivity contribution in [2.24, 2.45) is 0 Å². The number of alkyl halides is 3. The van der Waals surface area contributed by atoms with Crippen LogP contribution in [0.25, 0.3) is 10.2 Å². The Labute approximate surface area is 145 Å². The summed E-state index contributed by atoms with van der Waals surface area (Å²) in [5.74, 6) is -0.128. The van der Waals surface area contributed by atoms with Gasteiger partial charge >= 0.3 is 6.18 Å². The van der Waals surface area contributed by atoms with Crippen LogP contribution in [0.2, 0.25) is 0 Å². The van der Waals surface area contributed by atoms with Crippen LogP contribution in [-0.4, -0.2) is 34.3 Å². The molecule has 3 rings (SSSR count). The van der Waals surface area contributed by atoms with Crippen molar-refractivity contribution in [1.82, 2.24) is 15.3 Å². The van der Waals surface area contributed by atoms with E-state index in [9.17, 15) is 18.0 Å². The number of thiophene rings is 1. The van der Waals surface area contributed by atoms with Gasteiger partial charge in [-0.25, -0.2) is 9.97 Å². The number of aryl methyl sites for hydroxylation is 3. The minimum atomic E-state index is -4.40. The van der Waals surface area contributed by atoms with Gasteiger partial charge in [0.25, 0.3) is 0 Å². The zero-order valence-corrected chi connectivity index (χ0v) is 14.6. The molecule has 0 atom stereocenters. The first kappa shape index (κ1) is 17.5. The Kier molecular flexibility index (Phi) is 5.00. The molecule has 1 N–H and O–H groups in total. The average molecular weight is 375 g/mol. The zero-order valence-electron chi connectivity index (χ0n) is 13.0. The Hall–Kier alpha value is -1.35. The first-order chi connectivity index (χ1) is 11.3. The maximum absolute atomic E-state index is 12.1. The quantitative estimate of drug-likeness (QED) is 0.655. The van der Waals surface area contributed by atoms with E-state index in [0.29, 0.717) is 10.9 Å². The maximum atomic E-state index is 12.1.